The van der Waals surface area contributed by atoms with Gasteiger partial charge in [-0.2, -0.15) is 0 Å². The SMILES string of the molecule is CCCCCCCC/C=C\C/C=C\CCC(=O)NC(COP(=O)([O-])OCC[N+](C)(C)C)C(O)/C=C/CCCCCCCCCCCCCCCCCC. The molecular weight excluding hydrogens is 683 g/mol. The molecule has 0 aliphatic carbocycles. The number of amides is 1. The molecule has 3 unspecified atom stereocenters. The second-order valence-electron chi connectivity index (χ2n) is 16.0. The summed E-state index contributed by atoms with van der Waals surface area (Å²) < 4.78 is 23.1. The maximum Gasteiger partial charge on any atom is 0.268 e. The number of aliphatic hydroxyl groups is 1. The van der Waals surface area contributed by atoms with Crippen molar-refractivity contribution < 1.29 is 32.9 Å². The molecule has 0 aromatic rings. The monoisotopic (exact) mass is 769 g/mol. The summed E-state index contributed by atoms with van der Waals surface area (Å²) in [6.45, 7) is 4.59. The summed E-state index contributed by atoms with van der Waals surface area (Å²) >= 11 is 0. The number of nitrogens with one attached hydrogen (secondary N) is 1. The average molecular weight is 769 g/mol. The zero-order valence-corrected chi connectivity index (χ0v) is 36.1. The van der Waals surface area contributed by atoms with Gasteiger partial charge in [0.2, 0.25) is 5.91 Å². The highest BCUT2D eigenvalue weighted by atomic mass is 31.2. The number of aliphatic hydroxyl groups excluding tert-OH is 1. The Morgan fingerprint density at radius 3 is 1.57 bits per heavy atom. The molecule has 0 bridgehead atoms. The Bertz CT molecular complexity index is 964. The molecule has 0 aromatic heterocycles. The number of likely N-dealkylation sites (N-methyl/N-ethyl adjacent to an activating group) is 1. The van der Waals surface area contributed by atoms with E-state index in [1.165, 1.54) is 128 Å². The van der Waals surface area contributed by atoms with Gasteiger partial charge in [0.25, 0.3) is 7.82 Å². The lowest BCUT2D eigenvalue weighted by atomic mass is 10.0. The molecule has 0 radical (unpaired) electrons. The number of nitrogens with zero attached hydrogens (tertiary/aromatic N) is 1. The molecule has 1 amide bonds. The number of rotatable bonds is 39. The standard InChI is InChI=1S/C44H85N2O6P/c1-6-8-10-12-14-16-18-20-21-22-23-24-26-27-29-31-33-35-37-43(47)42(41-52-53(49,50)51-40-39-46(3,4)5)45-44(48)38-36-34-32-30-28-25-19-17-15-13-11-9-7-2/h25,28,32,34-35,37,42-43,47H,6-24,26-27,29-31,33,36,38-41H2,1-5H3,(H-,45,48,49,50)/b28-25-,34-32-,37-35+. The fraction of sp³-hybridized carbons (Fsp3) is 0.841. The van der Waals surface area contributed by atoms with Crippen LogP contribution in [0.15, 0.2) is 36.5 Å². The molecule has 0 fully saturated rings. The van der Waals surface area contributed by atoms with Gasteiger partial charge in [-0.05, 0) is 38.5 Å². The number of unbranched alkanes of at least 4 members (excludes halogenated alkanes) is 22. The van der Waals surface area contributed by atoms with Crippen LogP contribution in [0.2, 0.25) is 0 Å². The number of hydrogen-bond acceptors (Lipinski definition) is 6. The Kier molecular flexibility index (Phi) is 35.5. The Morgan fingerprint density at radius 1 is 0.660 bits per heavy atom. The van der Waals surface area contributed by atoms with E-state index >= 15 is 0 Å². The number of hydrogen-bond donors (Lipinski definition) is 2. The molecule has 0 rings (SSSR count). The van der Waals surface area contributed by atoms with Crippen LogP contribution in [0.1, 0.15) is 187 Å². The molecule has 0 heterocycles. The number of phosphoric acid groups is 1. The van der Waals surface area contributed by atoms with Crippen molar-refractivity contribution in [3.63, 3.8) is 0 Å². The van der Waals surface area contributed by atoms with Gasteiger partial charge in [-0.15, -0.1) is 0 Å². The lowest BCUT2D eigenvalue weighted by Crippen LogP contribution is -2.45. The summed E-state index contributed by atoms with van der Waals surface area (Å²) in [5, 5.41) is 13.7. The van der Waals surface area contributed by atoms with Gasteiger partial charge in [0.05, 0.1) is 39.9 Å². The van der Waals surface area contributed by atoms with Crippen molar-refractivity contribution in [3.05, 3.63) is 36.5 Å². The Balaban J connectivity index is 4.50. The zero-order chi connectivity index (χ0) is 39.3. The normalized spacial score (nSPS) is 14.8. The molecule has 8 nitrogen and oxygen atoms in total. The smallest absolute Gasteiger partial charge is 0.268 e. The number of phosphoric ester groups is 1. The minimum absolute atomic E-state index is 0.0103. The Labute approximate surface area is 327 Å². The van der Waals surface area contributed by atoms with E-state index in [1.807, 2.05) is 33.3 Å². The van der Waals surface area contributed by atoms with Crippen molar-refractivity contribution in [2.24, 2.45) is 0 Å². The summed E-state index contributed by atoms with van der Waals surface area (Å²) in [7, 11) is 1.23. The van der Waals surface area contributed by atoms with Crippen LogP contribution in [0.4, 0.5) is 0 Å². The first-order valence-corrected chi connectivity index (χ1v) is 23.3. The summed E-state index contributed by atoms with van der Waals surface area (Å²) in [6.07, 6.45) is 43.5. The third-order valence-corrected chi connectivity index (χ3v) is 10.6. The van der Waals surface area contributed by atoms with Gasteiger partial charge in [-0.3, -0.25) is 9.36 Å². The second kappa shape index (κ2) is 36.4. The van der Waals surface area contributed by atoms with E-state index in [-0.39, 0.29) is 18.9 Å². The molecule has 0 spiro atoms. The van der Waals surface area contributed by atoms with E-state index in [1.54, 1.807) is 6.08 Å². The van der Waals surface area contributed by atoms with Crippen LogP contribution in [0, 0.1) is 0 Å². The molecule has 312 valence electrons. The quantitative estimate of drug-likeness (QED) is 0.0279. The van der Waals surface area contributed by atoms with E-state index < -0.39 is 26.6 Å². The van der Waals surface area contributed by atoms with Crippen molar-refractivity contribution in [1.82, 2.24) is 5.32 Å². The molecule has 3 atom stereocenters. The van der Waals surface area contributed by atoms with Gasteiger partial charge in [-0.1, -0.05) is 179 Å². The average Bonchev–Trinajstić information content (AvgIpc) is 3.10. The van der Waals surface area contributed by atoms with Crippen LogP contribution in [0.3, 0.4) is 0 Å². The van der Waals surface area contributed by atoms with E-state index in [2.05, 4.69) is 37.4 Å². The van der Waals surface area contributed by atoms with Crippen molar-refractivity contribution >= 4 is 13.7 Å². The van der Waals surface area contributed by atoms with Crippen molar-refractivity contribution in [2.45, 2.75) is 199 Å². The molecule has 0 aliphatic rings. The summed E-state index contributed by atoms with van der Waals surface area (Å²) in [5.41, 5.74) is 0. The van der Waals surface area contributed by atoms with Crippen LogP contribution < -0.4 is 10.2 Å². The van der Waals surface area contributed by atoms with Crippen molar-refractivity contribution in [3.8, 4) is 0 Å². The molecule has 0 saturated heterocycles. The van der Waals surface area contributed by atoms with Crippen LogP contribution >= 0.6 is 7.82 Å². The molecule has 9 heteroatoms. The van der Waals surface area contributed by atoms with Crippen LogP contribution in [-0.2, 0) is 18.4 Å². The van der Waals surface area contributed by atoms with Gasteiger partial charge in [0.15, 0.2) is 0 Å². The molecule has 53 heavy (non-hydrogen) atoms. The zero-order valence-electron chi connectivity index (χ0n) is 35.2. The Hall–Kier alpha value is -1.28. The number of quaternary nitrogens is 1. The number of allylic oxidation sites excluding steroid dienone is 5. The predicted molar refractivity (Wildman–Crippen MR) is 224 cm³/mol. The molecular formula is C44H85N2O6P. The highest BCUT2D eigenvalue weighted by Crippen LogP contribution is 2.38. The second-order valence-corrected chi connectivity index (χ2v) is 17.5. The van der Waals surface area contributed by atoms with Gasteiger partial charge < -0.3 is 28.8 Å². The summed E-state index contributed by atoms with van der Waals surface area (Å²) in [5.74, 6) is -0.265. The minimum atomic E-state index is -4.60. The first-order chi connectivity index (χ1) is 25.5. The first-order valence-electron chi connectivity index (χ1n) is 21.9. The highest BCUT2D eigenvalue weighted by molar-refractivity contribution is 7.45. The van der Waals surface area contributed by atoms with E-state index in [0.29, 0.717) is 17.4 Å². The van der Waals surface area contributed by atoms with E-state index in [4.69, 9.17) is 9.05 Å². The third-order valence-electron chi connectivity index (χ3n) is 9.61. The topological polar surface area (TPSA) is 108 Å². The predicted octanol–water partition coefficient (Wildman–Crippen LogP) is 11.3. The summed E-state index contributed by atoms with van der Waals surface area (Å²) in [4.78, 5) is 25.2. The van der Waals surface area contributed by atoms with Crippen LogP contribution in [0.25, 0.3) is 0 Å². The minimum Gasteiger partial charge on any atom is -0.756 e. The third kappa shape index (κ3) is 38.8. The van der Waals surface area contributed by atoms with Crippen molar-refractivity contribution in [1.29, 1.82) is 0 Å². The van der Waals surface area contributed by atoms with E-state index in [0.717, 1.165) is 32.1 Å². The lowest BCUT2D eigenvalue weighted by Gasteiger charge is -2.29. The van der Waals surface area contributed by atoms with Gasteiger partial charge in [0, 0.05) is 6.42 Å². The Morgan fingerprint density at radius 2 is 1.09 bits per heavy atom. The molecule has 2 N–H and O–H groups in total. The largest absolute Gasteiger partial charge is 0.756 e. The van der Waals surface area contributed by atoms with Gasteiger partial charge in [-0.25, -0.2) is 0 Å². The summed E-state index contributed by atoms with van der Waals surface area (Å²) in [6, 6.07) is -0.914. The molecule has 0 aliphatic heterocycles. The van der Waals surface area contributed by atoms with Crippen LogP contribution in [-0.4, -0.2) is 68.5 Å². The maximum atomic E-state index is 12.8. The fourth-order valence-corrected chi connectivity index (χ4v) is 6.81. The number of carbonyl (C=O) groups is 1. The van der Waals surface area contributed by atoms with E-state index in [9.17, 15) is 19.4 Å². The van der Waals surface area contributed by atoms with Crippen LogP contribution in [0.5, 0.6) is 0 Å². The fourth-order valence-electron chi connectivity index (χ4n) is 6.08. The van der Waals surface area contributed by atoms with Gasteiger partial charge >= 0.3 is 0 Å². The molecule has 0 aromatic carbocycles. The highest BCUT2D eigenvalue weighted by Gasteiger charge is 2.23. The molecule has 0 saturated carbocycles. The van der Waals surface area contributed by atoms with Crippen molar-refractivity contribution in [2.75, 3.05) is 40.9 Å². The lowest BCUT2D eigenvalue weighted by molar-refractivity contribution is -0.870. The van der Waals surface area contributed by atoms with Gasteiger partial charge in [0.1, 0.15) is 13.2 Å². The maximum absolute atomic E-state index is 12.8. The first kappa shape index (κ1) is 51.7. The number of carbonyl (C=O) groups excluding carboxylic acids is 1.